The van der Waals surface area contributed by atoms with Crippen molar-refractivity contribution in [1.29, 1.82) is 0 Å². The van der Waals surface area contributed by atoms with Crippen LogP contribution < -0.4 is 5.32 Å². The molecule has 4 heteroatoms. The van der Waals surface area contributed by atoms with Crippen LogP contribution in [0.15, 0.2) is 0 Å². The van der Waals surface area contributed by atoms with Gasteiger partial charge in [0.25, 0.3) is 0 Å². The molecule has 1 nitrogen and oxygen atoms in total. The van der Waals surface area contributed by atoms with Crippen LogP contribution in [-0.2, 0) is 0 Å². The molecule has 0 radical (unpaired) electrons. The van der Waals surface area contributed by atoms with Crippen LogP contribution in [0.5, 0.6) is 0 Å². The van der Waals surface area contributed by atoms with Crippen LogP contribution in [0.4, 0.5) is 13.2 Å². The number of rotatable bonds is 3. The number of hydrogen-bond acceptors (Lipinski definition) is 1. The van der Waals surface area contributed by atoms with Gasteiger partial charge in [-0.3, -0.25) is 0 Å². The fourth-order valence-corrected chi connectivity index (χ4v) is 3.02. The van der Waals surface area contributed by atoms with Crippen LogP contribution in [-0.4, -0.2) is 18.3 Å². The van der Waals surface area contributed by atoms with Crippen molar-refractivity contribution in [2.24, 2.45) is 11.3 Å². The molecule has 0 heterocycles. The zero-order chi connectivity index (χ0) is 13.3. The van der Waals surface area contributed by atoms with Gasteiger partial charge >= 0.3 is 6.18 Å². The van der Waals surface area contributed by atoms with Gasteiger partial charge in [-0.05, 0) is 43.6 Å². The predicted octanol–water partition coefficient (Wildman–Crippen LogP) is 4.13. The van der Waals surface area contributed by atoms with E-state index < -0.39 is 11.7 Å². The van der Waals surface area contributed by atoms with Crippen LogP contribution in [0.2, 0.25) is 0 Å². The van der Waals surface area contributed by atoms with Gasteiger partial charge in [-0.1, -0.05) is 27.7 Å². The lowest BCUT2D eigenvalue weighted by Gasteiger charge is -2.49. The van der Waals surface area contributed by atoms with E-state index in [0.717, 1.165) is 6.42 Å². The van der Waals surface area contributed by atoms with Crippen LogP contribution in [0.1, 0.15) is 53.4 Å². The fraction of sp³-hybridized carbons (Fsp3) is 1.00. The van der Waals surface area contributed by atoms with Gasteiger partial charge in [-0.25, -0.2) is 0 Å². The summed E-state index contributed by atoms with van der Waals surface area (Å²) in [6.07, 6.45) is -1.96. The van der Waals surface area contributed by atoms with E-state index in [1.807, 2.05) is 6.92 Å². The normalized spacial score (nSPS) is 33.7. The first kappa shape index (κ1) is 14.8. The van der Waals surface area contributed by atoms with Crippen molar-refractivity contribution >= 4 is 0 Å². The molecular formula is C13H24F3N. The van der Waals surface area contributed by atoms with Gasteiger partial charge in [0.15, 0.2) is 0 Å². The number of nitrogens with one attached hydrogen (secondary N) is 1. The first-order valence-electron chi connectivity index (χ1n) is 6.46. The molecule has 1 saturated carbocycles. The maximum atomic E-state index is 13.4. The molecule has 0 aromatic rings. The van der Waals surface area contributed by atoms with Crippen LogP contribution in [0.25, 0.3) is 0 Å². The maximum Gasteiger partial charge on any atom is 0.406 e. The highest BCUT2D eigenvalue weighted by Crippen LogP contribution is 2.50. The lowest BCUT2D eigenvalue weighted by molar-refractivity contribution is -0.225. The average Bonchev–Trinajstić information content (AvgIpc) is 2.14. The Labute approximate surface area is 102 Å². The first-order valence-corrected chi connectivity index (χ1v) is 6.46. The van der Waals surface area contributed by atoms with Crippen molar-refractivity contribution < 1.29 is 13.2 Å². The van der Waals surface area contributed by atoms with E-state index in [1.54, 1.807) is 6.92 Å². The molecule has 1 N–H and O–H groups in total. The summed E-state index contributed by atoms with van der Waals surface area (Å²) in [6.45, 7) is 8.18. The van der Waals surface area contributed by atoms with Crippen LogP contribution >= 0.6 is 0 Å². The molecule has 0 aromatic carbocycles. The van der Waals surface area contributed by atoms with E-state index in [9.17, 15) is 13.2 Å². The number of hydrogen-bond donors (Lipinski definition) is 1. The monoisotopic (exact) mass is 251 g/mol. The summed E-state index contributed by atoms with van der Waals surface area (Å²) in [5.74, 6) is -0.363. The summed E-state index contributed by atoms with van der Waals surface area (Å²) in [5.41, 5.74) is -1.64. The zero-order valence-electron chi connectivity index (χ0n) is 11.2. The smallest absolute Gasteiger partial charge is 0.303 e. The minimum atomic E-state index is -4.15. The number of alkyl halides is 3. The summed E-state index contributed by atoms with van der Waals surface area (Å²) in [4.78, 5) is 0. The lowest BCUT2D eigenvalue weighted by atomic mass is 9.63. The maximum absolute atomic E-state index is 13.4. The predicted molar refractivity (Wildman–Crippen MR) is 63.9 cm³/mol. The standard InChI is InChI=1S/C13H24F3N/c1-5-8-17-12(13(14,15)16)7-6-11(3,4)9-10(12)2/h10,17H,5-9H2,1-4H3. The second kappa shape index (κ2) is 4.79. The van der Waals surface area contributed by atoms with E-state index in [-0.39, 0.29) is 17.8 Å². The molecule has 1 fully saturated rings. The van der Waals surface area contributed by atoms with Crippen LogP contribution in [0.3, 0.4) is 0 Å². The van der Waals surface area contributed by atoms with Gasteiger partial charge in [-0.15, -0.1) is 0 Å². The van der Waals surface area contributed by atoms with Crippen molar-refractivity contribution in [2.45, 2.75) is 65.1 Å². The Morgan fingerprint density at radius 3 is 2.24 bits per heavy atom. The summed E-state index contributed by atoms with van der Waals surface area (Å²) >= 11 is 0. The van der Waals surface area contributed by atoms with Crippen molar-refractivity contribution in [3.63, 3.8) is 0 Å². The summed E-state index contributed by atoms with van der Waals surface area (Å²) in [6, 6.07) is 0. The van der Waals surface area contributed by atoms with Gasteiger partial charge in [0, 0.05) is 0 Å². The molecular weight excluding hydrogens is 227 g/mol. The van der Waals surface area contributed by atoms with Gasteiger partial charge in [-0.2, -0.15) is 13.2 Å². The highest BCUT2D eigenvalue weighted by atomic mass is 19.4. The molecule has 0 aliphatic heterocycles. The third-order valence-electron chi connectivity index (χ3n) is 4.09. The first-order chi connectivity index (χ1) is 7.65. The van der Waals surface area contributed by atoms with Gasteiger partial charge < -0.3 is 5.32 Å². The topological polar surface area (TPSA) is 12.0 Å². The van der Waals surface area contributed by atoms with Crippen molar-refractivity contribution in [2.75, 3.05) is 6.54 Å². The Morgan fingerprint density at radius 1 is 1.24 bits per heavy atom. The molecule has 1 aliphatic carbocycles. The van der Waals surface area contributed by atoms with Gasteiger partial charge in [0.1, 0.15) is 5.54 Å². The third-order valence-corrected chi connectivity index (χ3v) is 4.09. The molecule has 0 bridgehead atoms. The SMILES string of the molecule is CCCNC1(C(F)(F)F)CCC(C)(C)CC1C. The molecule has 0 saturated heterocycles. The largest absolute Gasteiger partial charge is 0.406 e. The minimum Gasteiger partial charge on any atom is -0.303 e. The zero-order valence-corrected chi connectivity index (χ0v) is 11.2. The minimum absolute atomic E-state index is 0.0298. The van der Waals surface area contributed by atoms with Crippen LogP contribution in [0, 0.1) is 11.3 Å². The van der Waals surface area contributed by atoms with Crippen molar-refractivity contribution in [3.05, 3.63) is 0 Å². The Balaban J connectivity index is 2.92. The third kappa shape index (κ3) is 2.95. The Kier molecular flexibility index (Phi) is 4.17. The quantitative estimate of drug-likeness (QED) is 0.795. The van der Waals surface area contributed by atoms with Crippen molar-refractivity contribution in [1.82, 2.24) is 5.32 Å². The second-order valence-electron chi connectivity index (χ2n) is 6.17. The molecule has 2 unspecified atom stereocenters. The van der Waals surface area contributed by atoms with E-state index in [0.29, 0.717) is 19.4 Å². The lowest BCUT2D eigenvalue weighted by Crippen LogP contribution is -2.63. The molecule has 0 aromatic heterocycles. The van der Waals surface area contributed by atoms with E-state index in [1.165, 1.54) is 0 Å². The molecule has 1 rings (SSSR count). The van der Waals surface area contributed by atoms with Crippen molar-refractivity contribution in [3.8, 4) is 0 Å². The molecule has 17 heavy (non-hydrogen) atoms. The Morgan fingerprint density at radius 2 is 1.82 bits per heavy atom. The van der Waals surface area contributed by atoms with E-state index in [4.69, 9.17) is 0 Å². The molecule has 2 atom stereocenters. The summed E-state index contributed by atoms with van der Waals surface area (Å²) in [7, 11) is 0. The average molecular weight is 251 g/mol. The number of halogens is 3. The highest BCUT2D eigenvalue weighted by molar-refractivity contribution is 5.04. The highest BCUT2D eigenvalue weighted by Gasteiger charge is 2.59. The van der Waals surface area contributed by atoms with Gasteiger partial charge in [0.2, 0.25) is 0 Å². The molecule has 1 aliphatic rings. The van der Waals surface area contributed by atoms with E-state index in [2.05, 4.69) is 19.2 Å². The molecule has 0 spiro atoms. The Hall–Kier alpha value is -0.250. The van der Waals surface area contributed by atoms with E-state index >= 15 is 0 Å². The second-order valence-corrected chi connectivity index (χ2v) is 6.17. The fourth-order valence-electron chi connectivity index (χ4n) is 3.02. The summed E-state index contributed by atoms with van der Waals surface area (Å²) < 4.78 is 40.1. The molecule has 102 valence electrons. The molecule has 0 amide bonds. The summed E-state index contributed by atoms with van der Waals surface area (Å²) in [5, 5.41) is 2.79. The Bertz CT molecular complexity index is 260. The van der Waals surface area contributed by atoms with Gasteiger partial charge in [0.05, 0.1) is 0 Å².